The van der Waals surface area contributed by atoms with E-state index in [-0.39, 0.29) is 0 Å². The van der Waals surface area contributed by atoms with Gasteiger partial charge in [-0.15, -0.1) is 0 Å². The number of nitrogens with two attached hydrogens (primary N) is 1. The lowest BCUT2D eigenvalue weighted by Gasteiger charge is -2.15. The fourth-order valence-corrected chi connectivity index (χ4v) is 2.01. The first-order valence-corrected chi connectivity index (χ1v) is 6.47. The second-order valence-corrected chi connectivity index (χ2v) is 4.79. The number of hydrogen-bond acceptors (Lipinski definition) is 4. The Kier molecular flexibility index (Phi) is 4.25. The predicted octanol–water partition coefficient (Wildman–Crippen LogP) is 3.99. The minimum Gasteiger partial charge on any atom is -0.497 e. The van der Waals surface area contributed by atoms with Crippen molar-refractivity contribution in [2.75, 3.05) is 25.3 Å². The molecule has 0 bridgehead atoms. The van der Waals surface area contributed by atoms with Crippen molar-refractivity contribution in [3.05, 3.63) is 40.9 Å². The summed E-state index contributed by atoms with van der Waals surface area (Å²) in [6.45, 7) is 1.93. The molecule has 20 heavy (non-hydrogen) atoms. The average molecular weight is 293 g/mol. The molecule has 0 heterocycles. The molecule has 0 aliphatic carbocycles. The molecule has 0 aliphatic heterocycles. The molecule has 2 aromatic rings. The molecule has 0 amide bonds. The number of methoxy groups -OCH3 is 2. The molecule has 4 nitrogen and oxygen atoms in total. The van der Waals surface area contributed by atoms with E-state index in [9.17, 15) is 0 Å². The first-order chi connectivity index (χ1) is 9.55. The van der Waals surface area contributed by atoms with Crippen LogP contribution in [0.5, 0.6) is 11.5 Å². The van der Waals surface area contributed by atoms with Gasteiger partial charge in [0.25, 0.3) is 0 Å². The SMILES string of the molecule is COc1ccc(Nc2cc(C)c(Cl)cc2OC)c(N)c1. The van der Waals surface area contributed by atoms with E-state index in [1.54, 1.807) is 26.4 Å². The van der Waals surface area contributed by atoms with Crippen LogP contribution in [0.25, 0.3) is 0 Å². The number of rotatable bonds is 4. The zero-order valence-electron chi connectivity index (χ0n) is 11.7. The fourth-order valence-electron chi connectivity index (χ4n) is 1.86. The lowest BCUT2D eigenvalue weighted by molar-refractivity contribution is 0.415. The van der Waals surface area contributed by atoms with E-state index in [0.29, 0.717) is 22.2 Å². The van der Waals surface area contributed by atoms with Crippen LogP contribution in [0.2, 0.25) is 5.02 Å². The van der Waals surface area contributed by atoms with Gasteiger partial charge in [-0.25, -0.2) is 0 Å². The van der Waals surface area contributed by atoms with E-state index in [4.69, 9.17) is 26.8 Å². The molecule has 0 radical (unpaired) electrons. The number of ether oxygens (including phenoxy) is 2. The highest BCUT2D eigenvalue weighted by Gasteiger charge is 2.09. The van der Waals surface area contributed by atoms with Crippen LogP contribution >= 0.6 is 11.6 Å². The molecule has 0 aliphatic rings. The number of anilines is 3. The lowest BCUT2D eigenvalue weighted by atomic mass is 10.2. The summed E-state index contributed by atoms with van der Waals surface area (Å²) in [6, 6.07) is 9.16. The molecule has 0 saturated heterocycles. The zero-order valence-corrected chi connectivity index (χ0v) is 12.4. The summed E-state index contributed by atoms with van der Waals surface area (Å²) >= 11 is 6.09. The third-order valence-electron chi connectivity index (χ3n) is 3.01. The molecule has 0 atom stereocenters. The highest BCUT2D eigenvalue weighted by atomic mass is 35.5. The minimum atomic E-state index is 0.596. The van der Waals surface area contributed by atoms with Gasteiger partial charge in [0, 0.05) is 17.2 Å². The number of hydrogen-bond donors (Lipinski definition) is 2. The van der Waals surface area contributed by atoms with Gasteiger partial charge in [0.1, 0.15) is 11.5 Å². The van der Waals surface area contributed by atoms with Gasteiger partial charge in [-0.1, -0.05) is 11.6 Å². The number of nitrogens with one attached hydrogen (secondary N) is 1. The highest BCUT2D eigenvalue weighted by molar-refractivity contribution is 6.31. The maximum Gasteiger partial charge on any atom is 0.143 e. The Balaban J connectivity index is 2.36. The summed E-state index contributed by atoms with van der Waals surface area (Å²) in [4.78, 5) is 0. The van der Waals surface area contributed by atoms with Crippen LogP contribution in [0.4, 0.5) is 17.1 Å². The largest absolute Gasteiger partial charge is 0.497 e. The fraction of sp³-hybridized carbons (Fsp3) is 0.200. The zero-order chi connectivity index (χ0) is 14.7. The Morgan fingerprint density at radius 3 is 2.40 bits per heavy atom. The van der Waals surface area contributed by atoms with E-state index in [1.165, 1.54) is 0 Å². The Bertz CT molecular complexity index is 630. The third-order valence-corrected chi connectivity index (χ3v) is 3.42. The van der Waals surface area contributed by atoms with E-state index < -0.39 is 0 Å². The quantitative estimate of drug-likeness (QED) is 0.837. The number of nitrogen functional groups attached to an aromatic ring is 1. The number of halogens is 1. The standard InChI is InChI=1S/C15H17ClN2O2/c1-9-6-14(15(20-3)8-11(9)16)18-13-5-4-10(19-2)7-12(13)17/h4-8,18H,17H2,1-3H3. The highest BCUT2D eigenvalue weighted by Crippen LogP contribution is 2.35. The molecule has 5 heteroatoms. The molecule has 0 unspecified atom stereocenters. The van der Waals surface area contributed by atoms with Crippen molar-refractivity contribution in [3.63, 3.8) is 0 Å². The van der Waals surface area contributed by atoms with Gasteiger partial charge in [0.15, 0.2) is 0 Å². The van der Waals surface area contributed by atoms with Crippen LogP contribution in [0.3, 0.4) is 0 Å². The Labute approximate surface area is 123 Å². The first-order valence-electron chi connectivity index (χ1n) is 6.10. The Morgan fingerprint density at radius 1 is 1.05 bits per heavy atom. The van der Waals surface area contributed by atoms with Crippen LogP contribution < -0.4 is 20.5 Å². The van der Waals surface area contributed by atoms with Gasteiger partial charge in [-0.3, -0.25) is 0 Å². The number of aryl methyl sites for hydroxylation is 1. The topological polar surface area (TPSA) is 56.5 Å². The summed E-state index contributed by atoms with van der Waals surface area (Å²) in [5, 5.41) is 3.91. The minimum absolute atomic E-state index is 0.596. The predicted molar refractivity (Wildman–Crippen MR) is 83.4 cm³/mol. The summed E-state index contributed by atoms with van der Waals surface area (Å²) < 4.78 is 10.5. The van der Waals surface area contributed by atoms with E-state index in [0.717, 1.165) is 16.9 Å². The van der Waals surface area contributed by atoms with Gasteiger partial charge >= 0.3 is 0 Å². The smallest absolute Gasteiger partial charge is 0.143 e. The lowest BCUT2D eigenvalue weighted by Crippen LogP contribution is -1.99. The maximum absolute atomic E-state index is 6.09. The van der Waals surface area contributed by atoms with Gasteiger partial charge < -0.3 is 20.5 Å². The van der Waals surface area contributed by atoms with Gasteiger partial charge in [-0.2, -0.15) is 0 Å². The molecule has 0 aromatic heterocycles. The Morgan fingerprint density at radius 2 is 1.80 bits per heavy atom. The molecule has 0 fully saturated rings. The normalized spacial score (nSPS) is 10.2. The number of benzene rings is 2. The van der Waals surface area contributed by atoms with Crippen molar-refractivity contribution in [2.45, 2.75) is 6.92 Å². The second-order valence-electron chi connectivity index (χ2n) is 4.38. The van der Waals surface area contributed by atoms with Crippen molar-refractivity contribution in [1.82, 2.24) is 0 Å². The molecule has 2 rings (SSSR count). The van der Waals surface area contributed by atoms with Crippen molar-refractivity contribution >= 4 is 28.7 Å². The summed E-state index contributed by atoms with van der Waals surface area (Å²) in [7, 11) is 3.21. The van der Waals surface area contributed by atoms with Crippen LogP contribution in [0.1, 0.15) is 5.56 Å². The van der Waals surface area contributed by atoms with Gasteiger partial charge in [0.05, 0.1) is 31.3 Å². The van der Waals surface area contributed by atoms with Crippen LogP contribution in [0, 0.1) is 6.92 Å². The molecule has 0 saturated carbocycles. The van der Waals surface area contributed by atoms with Crippen molar-refractivity contribution in [2.24, 2.45) is 0 Å². The van der Waals surface area contributed by atoms with Crippen LogP contribution in [0.15, 0.2) is 30.3 Å². The average Bonchev–Trinajstić information content (AvgIpc) is 2.44. The summed E-state index contributed by atoms with van der Waals surface area (Å²) in [5.41, 5.74) is 9.15. The Hall–Kier alpha value is -2.07. The van der Waals surface area contributed by atoms with E-state index in [1.807, 2.05) is 25.1 Å². The van der Waals surface area contributed by atoms with E-state index >= 15 is 0 Å². The molecule has 3 N–H and O–H groups in total. The summed E-state index contributed by atoms with van der Waals surface area (Å²) in [5.74, 6) is 1.38. The third kappa shape index (κ3) is 2.91. The van der Waals surface area contributed by atoms with Crippen LogP contribution in [-0.4, -0.2) is 14.2 Å². The second kappa shape index (κ2) is 5.92. The van der Waals surface area contributed by atoms with Gasteiger partial charge in [0.2, 0.25) is 0 Å². The van der Waals surface area contributed by atoms with Crippen LogP contribution in [-0.2, 0) is 0 Å². The molecule has 106 valence electrons. The van der Waals surface area contributed by atoms with E-state index in [2.05, 4.69) is 5.32 Å². The molecular weight excluding hydrogens is 276 g/mol. The van der Waals surface area contributed by atoms with Crippen molar-refractivity contribution < 1.29 is 9.47 Å². The molecule has 0 spiro atoms. The van der Waals surface area contributed by atoms with Crippen molar-refractivity contribution in [1.29, 1.82) is 0 Å². The summed E-state index contributed by atoms with van der Waals surface area (Å²) in [6.07, 6.45) is 0. The monoisotopic (exact) mass is 292 g/mol. The molecular formula is C15H17ClN2O2. The first kappa shape index (κ1) is 14.3. The van der Waals surface area contributed by atoms with Crippen molar-refractivity contribution in [3.8, 4) is 11.5 Å². The molecule has 2 aromatic carbocycles. The van der Waals surface area contributed by atoms with Gasteiger partial charge in [-0.05, 0) is 30.7 Å². The maximum atomic E-state index is 6.09.